The van der Waals surface area contributed by atoms with Gasteiger partial charge in [-0.25, -0.2) is 9.78 Å². The van der Waals surface area contributed by atoms with Crippen molar-refractivity contribution in [2.24, 2.45) is 0 Å². The molecule has 5 nitrogen and oxygen atoms in total. The van der Waals surface area contributed by atoms with Crippen LogP contribution in [-0.4, -0.2) is 28.8 Å². The largest absolute Gasteiger partial charge is 0.394 e. The number of carbonyl (C=O) groups excluding carboxylic acids is 1. The number of hydrogen-bond acceptors (Lipinski definition) is 4. The lowest BCUT2D eigenvalue weighted by Gasteiger charge is -2.18. The van der Waals surface area contributed by atoms with Crippen molar-refractivity contribution in [1.29, 1.82) is 0 Å². The van der Waals surface area contributed by atoms with Crippen LogP contribution in [0.15, 0.2) is 0 Å². The maximum absolute atomic E-state index is 11.7. The summed E-state index contributed by atoms with van der Waals surface area (Å²) in [5.41, 5.74) is 0.958. The molecule has 0 radical (unpaired) electrons. The number of rotatable bonds is 5. The number of aromatic nitrogens is 1. The van der Waals surface area contributed by atoms with Crippen LogP contribution in [0.4, 0.5) is 4.79 Å². The van der Waals surface area contributed by atoms with Crippen LogP contribution in [0.5, 0.6) is 0 Å². The number of carbonyl (C=O) groups is 1. The highest BCUT2D eigenvalue weighted by Crippen LogP contribution is 2.24. The van der Waals surface area contributed by atoms with Gasteiger partial charge in [-0.1, -0.05) is 6.92 Å². The van der Waals surface area contributed by atoms with E-state index in [4.69, 9.17) is 5.11 Å². The van der Waals surface area contributed by atoms with Gasteiger partial charge in [0.05, 0.1) is 29.4 Å². The van der Waals surface area contributed by atoms with E-state index in [1.807, 2.05) is 27.7 Å². The van der Waals surface area contributed by atoms with Crippen LogP contribution >= 0.6 is 11.3 Å². The van der Waals surface area contributed by atoms with Crippen molar-refractivity contribution in [3.63, 3.8) is 0 Å². The number of thiazole rings is 1. The highest BCUT2D eigenvalue weighted by atomic mass is 32.1. The van der Waals surface area contributed by atoms with Gasteiger partial charge in [0.1, 0.15) is 0 Å². The molecular weight excluding hydrogens is 250 g/mol. The minimum atomic E-state index is -0.256. The SMILES string of the molecule is CC[C@@H](CO)NC(=O)N[C@@H](C)c1sc(C)nc1C. The number of nitrogens with zero attached hydrogens (tertiary/aromatic N) is 1. The van der Waals surface area contributed by atoms with Gasteiger partial charge < -0.3 is 15.7 Å². The van der Waals surface area contributed by atoms with Crippen LogP contribution in [0.2, 0.25) is 0 Å². The number of nitrogens with one attached hydrogen (secondary N) is 2. The van der Waals surface area contributed by atoms with Crippen LogP contribution < -0.4 is 10.6 Å². The molecule has 0 saturated heterocycles. The van der Waals surface area contributed by atoms with Gasteiger partial charge in [0.25, 0.3) is 0 Å². The number of aryl methyl sites for hydroxylation is 2. The van der Waals surface area contributed by atoms with Crippen LogP contribution in [0.25, 0.3) is 0 Å². The van der Waals surface area contributed by atoms with Gasteiger partial charge in [-0.3, -0.25) is 0 Å². The minimum Gasteiger partial charge on any atom is -0.394 e. The van der Waals surface area contributed by atoms with E-state index >= 15 is 0 Å². The predicted octanol–water partition coefficient (Wildman–Crippen LogP) is 1.89. The van der Waals surface area contributed by atoms with Gasteiger partial charge in [-0.2, -0.15) is 0 Å². The summed E-state index contributed by atoms with van der Waals surface area (Å²) in [6.07, 6.45) is 0.705. The van der Waals surface area contributed by atoms with Crippen molar-refractivity contribution in [3.05, 3.63) is 15.6 Å². The lowest BCUT2D eigenvalue weighted by molar-refractivity contribution is 0.212. The van der Waals surface area contributed by atoms with Gasteiger partial charge in [0.15, 0.2) is 0 Å². The first kappa shape index (κ1) is 14.9. The predicted molar refractivity (Wildman–Crippen MR) is 72.8 cm³/mol. The summed E-state index contributed by atoms with van der Waals surface area (Å²) in [5.74, 6) is 0. The van der Waals surface area contributed by atoms with E-state index in [0.29, 0.717) is 6.42 Å². The zero-order chi connectivity index (χ0) is 13.7. The second-order valence-corrected chi connectivity index (χ2v) is 5.54. The second kappa shape index (κ2) is 6.70. The molecule has 3 N–H and O–H groups in total. The molecule has 0 aromatic carbocycles. The fraction of sp³-hybridized carbons (Fsp3) is 0.667. The number of aliphatic hydroxyl groups excluding tert-OH is 1. The Balaban J connectivity index is 2.57. The first-order valence-electron chi connectivity index (χ1n) is 6.09. The molecule has 18 heavy (non-hydrogen) atoms. The average Bonchev–Trinajstić information content (AvgIpc) is 2.65. The van der Waals surface area contributed by atoms with Gasteiger partial charge >= 0.3 is 6.03 Å². The van der Waals surface area contributed by atoms with Crippen molar-refractivity contribution in [2.45, 2.75) is 46.2 Å². The summed E-state index contributed by atoms with van der Waals surface area (Å²) in [4.78, 5) is 17.1. The molecule has 1 rings (SSSR count). The summed E-state index contributed by atoms with van der Waals surface area (Å²) in [7, 11) is 0. The van der Waals surface area contributed by atoms with Gasteiger partial charge in [0, 0.05) is 4.88 Å². The number of urea groups is 1. The Bertz CT molecular complexity index is 402. The molecule has 102 valence electrons. The normalized spacial score (nSPS) is 14.1. The van der Waals surface area contributed by atoms with E-state index in [0.717, 1.165) is 15.6 Å². The molecule has 1 aromatic rings. The molecule has 0 saturated carbocycles. The van der Waals surface area contributed by atoms with Crippen LogP contribution in [0.1, 0.15) is 41.9 Å². The molecule has 0 bridgehead atoms. The molecule has 0 aliphatic rings. The molecule has 0 aliphatic carbocycles. The first-order valence-corrected chi connectivity index (χ1v) is 6.91. The fourth-order valence-corrected chi connectivity index (χ4v) is 2.64. The van der Waals surface area contributed by atoms with Crippen molar-refractivity contribution >= 4 is 17.4 Å². The van der Waals surface area contributed by atoms with E-state index in [2.05, 4.69) is 15.6 Å². The third kappa shape index (κ3) is 3.96. The highest BCUT2D eigenvalue weighted by molar-refractivity contribution is 7.11. The lowest BCUT2D eigenvalue weighted by Crippen LogP contribution is -2.44. The Morgan fingerprint density at radius 2 is 2.11 bits per heavy atom. The lowest BCUT2D eigenvalue weighted by atomic mass is 10.2. The molecule has 1 heterocycles. The molecule has 0 aliphatic heterocycles. The van der Waals surface area contributed by atoms with E-state index in [9.17, 15) is 4.79 Å². The van der Waals surface area contributed by atoms with E-state index < -0.39 is 0 Å². The molecule has 1 aromatic heterocycles. The van der Waals surface area contributed by atoms with Crippen molar-refractivity contribution < 1.29 is 9.90 Å². The Morgan fingerprint density at radius 3 is 2.56 bits per heavy atom. The highest BCUT2D eigenvalue weighted by Gasteiger charge is 2.16. The maximum atomic E-state index is 11.7. The van der Waals surface area contributed by atoms with Crippen LogP contribution in [0.3, 0.4) is 0 Å². The van der Waals surface area contributed by atoms with Crippen molar-refractivity contribution in [1.82, 2.24) is 15.6 Å². The van der Waals surface area contributed by atoms with E-state index in [1.165, 1.54) is 0 Å². The van der Waals surface area contributed by atoms with E-state index in [-0.39, 0.29) is 24.7 Å². The second-order valence-electron chi connectivity index (χ2n) is 4.31. The monoisotopic (exact) mass is 271 g/mol. The summed E-state index contributed by atoms with van der Waals surface area (Å²) >= 11 is 1.59. The van der Waals surface area contributed by atoms with Crippen molar-refractivity contribution in [3.8, 4) is 0 Å². The number of aliphatic hydroxyl groups is 1. The smallest absolute Gasteiger partial charge is 0.315 e. The summed E-state index contributed by atoms with van der Waals surface area (Å²) in [6, 6.07) is -0.525. The average molecular weight is 271 g/mol. The third-order valence-electron chi connectivity index (χ3n) is 2.73. The van der Waals surface area contributed by atoms with Gasteiger partial charge in [-0.05, 0) is 27.2 Å². The molecule has 0 fully saturated rings. The standard InChI is InChI=1S/C12H21N3O2S/c1-5-10(6-16)15-12(17)14-8(3)11-7(2)13-9(4)18-11/h8,10,16H,5-6H2,1-4H3,(H2,14,15,17)/t8-,10-/m0/s1. The minimum absolute atomic E-state index is 0.0446. The maximum Gasteiger partial charge on any atom is 0.315 e. The molecule has 2 atom stereocenters. The third-order valence-corrected chi connectivity index (χ3v) is 3.98. The van der Waals surface area contributed by atoms with E-state index in [1.54, 1.807) is 11.3 Å². The number of amides is 2. The van der Waals surface area contributed by atoms with Gasteiger partial charge in [0.2, 0.25) is 0 Å². The molecule has 6 heteroatoms. The molecule has 2 amide bonds. The molecular formula is C12H21N3O2S. The summed E-state index contributed by atoms with van der Waals surface area (Å²) in [5, 5.41) is 15.6. The van der Waals surface area contributed by atoms with Crippen LogP contribution in [-0.2, 0) is 0 Å². The van der Waals surface area contributed by atoms with Crippen LogP contribution in [0, 0.1) is 13.8 Å². The van der Waals surface area contributed by atoms with Crippen molar-refractivity contribution in [2.75, 3.05) is 6.61 Å². The Labute approximate surface area is 112 Å². The topological polar surface area (TPSA) is 74.2 Å². The van der Waals surface area contributed by atoms with Gasteiger partial charge in [-0.15, -0.1) is 11.3 Å². The Morgan fingerprint density at radius 1 is 1.44 bits per heavy atom. The molecule has 0 unspecified atom stereocenters. The summed E-state index contributed by atoms with van der Waals surface area (Å²) in [6.45, 7) is 7.70. The Hall–Kier alpha value is -1.14. The number of hydrogen-bond donors (Lipinski definition) is 3. The zero-order valence-electron chi connectivity index (χ0n) is 11.3. The fourth-order valence-electron chi connectivity index (χ4n) is 1.71. The first-order chi connectivity index (χ1) is 8.47. The quantitative estimate of drug-likeness (QED) is 0.765. The Kier molecular flexibility index (Phi) is 5.55. The zero-order valence-corrected chi connectivity index (χ0v) is 12.1. The molecule has 0 spiro atoms. The summed E-state index contributed by atoms with van der Waals surface area (Å²) < 4.78 is 0.